The predicted molar refractivity (Wildman–Crippen MR) is 116 cm³/mol. The van der Waals surface area contributed by atoms with Crippen LogP contribution in [0.3, 0.4) is 0 Å². The maximum absolute atomic E-state index is 12.7. The Kier molecular flexibility index (Phi) is 8.45. The van der Waals surface area contributed by atoms with Gasteiger partial charge in [-0.3, -0.25) is 4.18 Å². The summed E-state index contributed by atoms with van der Waals surface area (Å²) in [6.07, 6.45) is 1.69. The summed E-state index contributed by atoms with van der Waals surface area (Å²) in [5.74, 6) is 0. The summed E-state index contributed by atoms with van der Waals surface area (Å²) >= 11 is 0. The normalized spacial score (nSPS) is 18.7. The molecule has 0 spiro atoms. The number of hydrogen-bond acceptors (Lipinski definition) is 6. The molecule has 0 N–H and O–H groups in total. The van der Waals surface area contributed by atoms with E-state index in [0.717, 1.165) is 24.0 Å². The van der Waals surface area contributed by atoms with E-state index in [0.29, 0.717) is 19.4 Å². The maximum atomic E-state index is 12.7. The lowest BCUT2D eigenvalue weighted by Gasteiger charge is -2.30. The van der Waals surface area contributed by atoms with Gasteiger partial charge in [-0.15, -0.1) is 0 Å². The number of nitrogens with zero attached hydrogens (tertiary/aromatic N) is 3. The van der Waals surface area contributed by atoms with Crippen molar-refractivity contribution in [3.05, 3.63) is 76.2 Å². The fourth-order valence-electron chi connectivity index (χ4n) is 3.35. The molecule has 1 aliphatic heterocycles. The first-order valence-corrected chi connectivity index (χ1v) is 11.7. The molecule has 1 aliphatic rings. The first kappa shape index (κ1) is 23.2. The number of benzene rings is 2. The summed E-state index contributed by atoms with van der Waals surface area (Å²) in [6.45, 7) is 2.16. The fraction of sp³-hybridized carbons (Fsp3) is 0.455. The van der Waals surface area contributed by atoms with Gasteiger partial charge in [0.15, 0.2) is 6.29 Å². The second-order valence-corrected chi connectivity index (χ2v) is 9.10. The Hall–Kier alpha value is -2.42. The molecule has 0 amide bonds. The van der Waals surface area contributed by atoms with Crippen LogP contribution in [0.4, 0.5) is 0 Å². The Labute approximate surface area is 182 Å². The zero-order valence-corrected chi connectivity index (χ0v) is 18.3. The van der Waals surface area contributed by atoms with Crippen molar-refractivity contribution < 1.29 is 22.1 Å². The maximum Gasteiger partial charge on any atom is 0.297 e. The molecule has 1 saturated heterocycles. The van der Waals surface area contributed by atoms with Crippen LogP contribution in [0.15, 0.2) is 64.6 Å². The van der Waals surface area contributed by atoms with Crippen LogP contribution in [0.1, 0.15) is 30.4 Å². The van der Waals surface area contributed by atoms with E-state index in [1.165, 1.54) is 12.1 Å². The van der Waals surface area contributed by atoms with Crippen LogP contribution in [-0.4, -0.2) is 40.1 Å². The monoisotopic (exact) mass is 445 g/mol. The topological polar surface area (TPSA) is 111 Å². The minimum Gasteiger partial charge on any atom is -0.353 e. The van der Waals surface area contributed by atoms with Crippen molar-refractivity contribution in [1.82, 2.24) is 0 Å². The van der Waals surface area contributed by atoms with E-state index in [4.69, 9.17) is 19.2 Å². The Bertz CT molecular complexity index is 970. The molecule has 1 fully saturated rings. The lowest BCUT2D eigenvalue weighted by atomic mass is 10.0. The number of hydrogen-bond donors (Lipinski definition) is 0. The molecule has 9 heteroatoms. The van der Waals surface area contributed by atoms with Crippen LogP contribution in [-0.2, 0) is 30.2 Å². The SMILES string of the molecule is Cc1ccc(S(=O)(=O)OC[C@@H](OC2CCCCO2)C(Cc2ccccc2)N=[N+]=[N-])cc1. The lowest BCUT2D eigenvalue weighted by molar-refractivity contribution is -0.196. The standard InChI is InChI=1S/C22H27N3O5S/c1-17-10-12-19(13-11-17)31(26,27)29-16-21(30-22-9-5-6-14-28-22)20(24-25-23)15-18-7-3-2-4-8-18/h2-4,7-8,10-13,20-22H,5-6,9,14-16H2,1H3/t20?,21-,22?/m1/s1. The average Bonchev–Trinajstić information content (AvgIpc) is 2.78. The second kappa shape index (κ2) is 11.3. The molecule has 0 aromatic heterocycles. The highest BCUT2D eigenvalue weighted by atomic mass is 32.2. The largest absolute Gasteiger partial charge is 0.353 e. The zero-order chi connectivity index (χ0) is 22.1. The molecule has 8 nitrogen and oxygen atoms in total. The third-order valence-electron chi connectivity index (χ3n) is 5.08. The second-order valence-electron chi connectivity index (χ2n) is 7.48. The van der Waals surface area contributed by atoms with Gasteiger partial charge < -0.3 is 9.47 Å². The first-order chi connectivity index (χ1) is 15.0. The van der Waals surface area contributed by atoms with Crippen LogP contribution in [0.25, 0.3) is 10.4 Å². The summed E-state index contributed by atoms with van der Waals surface area (Å²) in [5.41, 5.74) is 11.0. The first-order valence-electron chi connectivity index (χ1n) is 10.3. The Morgan fingerprint density at radius 2 is 1.90 bits per heavy atom. The molecule has 0 aliphatic carbocycles. The van der Waals surface area contributed by atoms with Gasteiger partial charge in [-0.1, -0.05) is 53.1 Å². The van der Waals surface area contributed by atoms with Gasteiger partial charge in [0, 0.05) is 11.5 Å². The molecule has 2 aromatic rings. The van der Waals surface area contributed by atoms with Gasteiger partial charge in [0.1, 0.15) is 0 Å². The van der Waals surface area contributed by atoms with Crippen LogP contribution in [0, 0.1) is 6.92 Å². The van der Waals surface area contributed by atoms with E-state index >= 15 is 0 Å². The molecule has 2 aromatic carbocycles. The lowest BCUT2D eigenvalue weighted by Crippen LogP contribution is -2.39. The van der Waals surface area contributed by atoms with E-state index < -0.39 is 28.6 Å². The number of aryl methyl sites for hydroxylation is 1. The van der Waals surface area contributed by atoms with Crippen molar-refractivity contribution in [1.29, 1.82) is 0 Å². The fourth-order valence-corrected chi connectivity index (χ4v) is 4.27. The molecule has 3 rings (SSSR count). The van der Waals surface area contributed by atoms with Crippen LogP contribution in [0.5, 0.6) is 0 Å². The van der Waals surface area contributed by atoms with E-state index in [1.54, 1.807) is 12.1 Å². The highest BCUT2D eigenvalue weighted by Crippen LogP contribution is 2.22. The molecule has 3 atom stereocenters. The van der Waals surface area contributed by atoms with Crippen molar-refractivity contribution in [2.24, 2.45) is 5.11 Å². The van der Waals surface area contributed by atoms with Crippen molar-refractivity contribution >= 4 is 10.1 Å². The molecule has 1 heterocycles. The van der Waals surface area contributed by atoms with E-state index in [2.05, 4.69) is 10.0 Å². The molecule has 0 saturated carbocycles. The van der Waals surface area contributed by atoms with Gasteiger partial charge in [0.25, 0.3) is 10.1 Å². The molecule has 0 radical (unpaired) electrons. The average molecular weight is 446 g/mol. The smallest absolute Gasteiger partial charge is 0.297 e. The van der Waals surface area contributed by atoms with E-state index in [-0.39, 0.29) is 11.5 Å². The molecule has 2 unspecified atom stereocenters. The predicted octanol–water partition coefficient (Wildman–Crippen LogP) is 4.53. The van der Waals surface area contributed by atoms with E-state index in [1.807, 2.05) is 37.3 Å². The van der Waals surface area contributed by atoms with Gasteiger partial charge >= 0.3 is 0 Å². The molecule has 0 bridgehead atoms. The third-order valence-corrected chi connectivity index (χ3v) is 6.37. The van der Waals surface area contributed by atoms with Crippen LogP contribution < -0.4 is 0 Å². The van der Waals surface area contributed by atoms with E-state index in [9.17, 15) is 8.42 Å². The highest BCUT2D eigenvalue weighted by molar-refractivity contribution is 7.86. The van der Waals surface area contributed by atoms with Gasteiger partial charge in [-0.25, -0.2) is 0 Å². The number of azide groups is 1. The van der Waals surface area contributed by atoms with Crippen molar-refractivity contribution in [3.8, 4) is 0 Å². The zero-order valence-electron chi connectivity index (χ0n) is 17.5. The highest BCUT2D eigenvalue weighted by Gasteiger charge is 2.29. The van der Waals surface area contributed by atoms with Crippen molar-refractivity contribution in [2.45, 2.75) is 55.9 Å². The summed E-state index contributed by atoms with van der Waals surface area (Å²) in [6, 6.07) is 15.3. The minimum atomic E-state index is -3.99. The van der Waals surface area contributed by atoms with Crippen LogP contribution >= 0.6 is 0 Å². The quantitative estimate of drug-likeness (QED) is 0.231. The van der Waals surface area contributed by atoms with Crippen molar-refractivity contribution in [2.75, 3.05) is 13.2 Å². The minimum absolute atomic E-state index is 0.0640. The third kappa shape index (κ3) is 7.05. The van der Waals surface area contributed by atoms with Gasteiger partial charge in [-0.2, -0.15) is 8.42 Å². The van der Waals surface area contributed by atoms with Gasteiger partial charge in [0.05, 0.1) is 23.6 Å². The molecular formula is C22H27N3O5S. The Morgan fingerprint density at radius 3 is 2.55 bits per heavy atom. The summed E-state index contributed by atoms with van der Waals surface area (Å²) in [5, 5.41) is 3.90. The van der Waals surface area contributed by atoms with Gasteiger partial charge in [0.2, 0.25) is 0 Å². The molecule has 31 heavy (non-hydrogen) atoms. The molecule has 166 valence electrons. The van der Waals surface area contributed by atoms with Gasteiger partial charge in [-0.05, 0) is 55.8 Å². The van der Waals surface area contributed by atoms with Crippen molar-refractivity contribution in [3.63, 3.8) is 0 Å². The Morgan fingerprint density at radius 1 is 1.16 bits per heavy atom. The molecular weight excluding hydrogens is 418 g/mol. The summed E-state index contributed by atoms with van der Waals surface area (Å²) in [7, 11) is -3.99. The Balaban J connectivity index is 1.78. The summed E-state index contributed by atoms with van der Waals surface area (Å²) in [4.78, 5) is 3.02. The van der Waals surface area contributed by atoms with Crippen LogP contribution in [0.2, 0.25) is 0 Å². The summed E-state index contributed by atoms with van der Waals surface area (Å²) < 4.78 is 42.4. The number of rotatable bonds is 10. The number of ether oxygens (including phenoxy) is 2.